The summed E-state index contributed by atoms with van der Waals surface area (Å²) in [4.78, 5) is 0. The molecule has 2 fully saturated rings. The maximum atomic E-state index is 12.5. The van der Waals surface area contributed by atoms with Crippen LogP contribution in [0.3, 0.4) is 0 Å². The molecule has 2 aliphatic rings. The number of hydrogen-bond acceptors (Lipinski definition) is 3. The van der Waals surface area contributed by atoms with Crippen LogP contribution < -0.4 is 0 Å². The normalized spacial score (nSPS) is 27.9. The van der Waals surface area contributed by atoms with E-state index in [1.807, 2.05) is 0 Å². The average molecular weight is 261 g/mol. The van der Waals surface area contributed by atoms with Crippen molar-refractivity contribution in [1.29, 1.82) is 0 Å². The van der Waals surface area contributed by atoms with E-state index in [1.165, 1.54) is 0 Å². The van der Waals surface area contributed by atoms with Crippen molar-refractivity contribution in [3.8, 4) is 0 Å². The summed E-state index contributed by atoms with van der Waals surface area (Å²) in [6, 6.07) is 0.146. The van der Waals surface area contributed by atoms with Gasteiger partial charge in [-0.05, 0) is 38.5 Å². The maximum absolute atomic E-state index is 12.5. The van der Waals surface area contributed by atoms with Gasteiger partial charge in [0.15, 0.2) is 0 Å². The van der Waals surface area contributed by atoms with Gasteiger partial charge in [-0.3, -0.25) is 0 Å². The summed E-state index contributed by atoms with van der Waals surface area (Å²) in [6.07, 6.45) is 7.24. The minimum absolute atomic E-state index is 0.128. The third kappa shape index (κ3) is 2.83. The van der Waals surface area contributed by atoms with E-state index in [1.54, 1.807) is 4.31 Å². The number of aliphatic hydroxyl groups is 1. The molecule has 0 amide bonds. The fourth-order valence-electron chi connectivity index (χ4n) is 3.14. The molecule has 0 bridgehead atoms. The van der Waals surface area contributed by atoms with E-state index in [2.05, 4.69) is 0 Å². The van der Waals surface area contributed by atoms with Crippen LogP contribution in [0.25, 0.3) is 0 Å². The van der Waals surface area contributed by atoms with Crippen molar-refractivity contribution in [3.63, 3.8) is 0 Å². The third-order valence-electron chi connectivity index (χ3n) is 4.07. The molecule has 0 radical (unpaired) electrons. The maximum Gasteiger partial charge on any atom is 0.217 e. The van der Waals surface area contributed by atoms with Crippen molar-refractivity contribution < 1.29 is 13.5 Å². The first kappa shape index (κ1) is 13.3. The lowest BCUT2D eigenvalue weighted by molar-refractivity contribution is 0.263. The van der Waals surface area contributed by atoms with Gasteiger partial charge in [0, 0.05) is 19.2 Å². The van der Waals surface area contributed by atoms with Crippen molar-refractivity contribution in [2.24, 2.45) is 0 Å². The molecule has 1 atom stereocenters. The smallest absolute Gasteiger partial charge is 0.217 e. The van der Waals surface area contributed by atoms with Crippen LogP contribution >= 0.6 is 0 Å². The van der Waals surface area contributed by atoms with Crippen molar-refractivity contribution in [3.05, 3.63) is 0 Å². The van der Waals surface area contributed by atoms with E-state index in [-0.39, 0.29) is 17.9 Å². The molecule has 1 N–H and O–H groups in total. The zero-order chi connectivity index (χ0) is 12.3. The number of nitrogens with zero attached hydrogens (tertiary/aromatic N) is 1. The minimum atomic E-state index is -3.07. The molecule has 1 unspecified atom stereocenters. The van der Waals surface area contributed by atoms with Gasteiger partial charge in [-0.15, -0.1) is 0 Å². The molecule has 17 heavy (non-hydrogen) atoms. The van der Waals surface area contributed by atoms with E-state index < -0.39 is 10.0 Å². The van der Waals surface area contributed by atoms with Gasteiger partial charge in [-0.2, -0.15) is 4.31 Å². The van der Waals surface area contributed by atoms with Crippen molar-refractivity contribution >= 4 is 10.0 Å². The van der Waals surface area contributed by atoms with Crippen LogP contribution in [0.1, 0.15) is 51.4 Å². The van der Waals surface area contributed by atoms with Crippen LogP contribution in [0.4, 0.5) is 0 Å². The monoisotopic (exact) mass is 261 g/mol. The van der Waals surface area contributed by atoms with Crippen molar-refractivity contribution in [1.82, 2.24) is 4.31 Å². The summed E-state index contributed by atoms with van der Waals surface area (Å²) in [5, 5.41) is 8.73. The Morgan fingerprint density at radius 3 is 2.47 bits per heavy atom. The van der Waals surface area contributed by atoms with E-state index in [0.29, 0.717) is 13.0 Å². The molecule has 0 aromatic carbocycles. The summed E-state index contributed by atoms with van der Waals surface area (Å²) in [6.45, 7) is 0.850. The fourth-order valence-corrected chi connectivity index (χ4v) is 5.46. The predicted octanol–water partition coefficient (Wildman–Crippen LogP) is 1.50. The van der Waals surface area contributed by atoms with Crippen molar-refractivity contribution in [2.75, 3.05) is 13.2 Å². The molecule has 2 rings (SSSR count). The summed E-state index contributed by atoms with van der Waals surface area (Å²) in [7, 11) is -3.07. The second kappa shape index (κ2) is 5.67. The summed E-state index contributed by atoms with van der Waals surface area (Å²) in [5.74, 6) is 0. The number of hydrogen-bond donors (Lipinski definition) is 1. The summed E-state index contributed by atoms with van der Waals surface area (Å²) in [5.41, 5.74) is 0. The Bertz CT molecular complexity index is 336. The van der Waals surface area contributed by atoms with Crippen LogP contribution in [0.15, 0.2) is 0 Å². The summed E-state index contributed by atoms with van der Waals surface area (Å²) >= 11 is 0. The molecular weight excluding hydrogens is 238 g/mol. The molecule has 5 heteroatoms. The highest BCUT2D eigenvalue weighted by Gasteiger charge is 2.39. The Morgan fingerprint density at radius 1 is 1.12 bits per heavy atom. The van der Waals surface area contributed by atoms with Crippen LogP contribution in [-0.2, 0) is 10.0 Å². The molecule has 100 valence electrons. The third-order valence-corrected chi connectivity index (χ3v) is 6.52. The van der Waals surface area contributed by atoms with E-state index >= 15 is 0 Å². The lowest BCUT2D eigenvalue weighted by Gasteiger charge is -2.27. The van der Waals surface area contributed by atoms with Gasteiger partial charge >= 0.3 is 0 Å². The molecule has 0 aromatic heterocycles. The molecule has 4 nitrogen and oxygen atoms in total. The SMILES string of the molecule is O=S(=O)(C1CCCC1)N1CCCC1CCCO. The first-order valence-electron chi connectivity index (χ1n) is 6.78. The fraction of sp³-hybridized carbons (Fsp3) is 1.00. The minimum Gasteiger partial charge on any atom is -0.396 e. The van der Waals surface area contributed by atoms with E-state index in [9.17, 15) is 8.42 Å². The Labute approximate surface area is 104 Å². The number of sulfonamides is 1. The van der Waals surface area contributed by atoms with Crippen LogP contribution in [0.5, 0.6) is 0 Å². The molecule has 1 aliphatic heterocycles. The summed E-state index contributed by atoms with van der Waals surface area (Å²) < 4.78 is 26.7. The molecule has 1 heterocycles. The van der Waals surface area contributed by atoms with Gasteiger partial charge in [-0.25, -0.2) is 8.42 Å². The Balaban J connectivity index is 2.03. The molecular formula is C12H23NO3S. The van der Waals surface area contributed by atoms with Crippen LogP contribution in [-0.4, -0.2) is 42.3 Å². The van der Waals surface area contributed by atoms with E-state index in [4.69, 9.17) is 5.11 Å². The van der Waals surface area contributed by atoms with Gasteiger partial charge in [0.25, 0.3) is 0 Å². The largest absolute Gasteiger partial charge is 0.396 e. The zero-order valence-corrected chi connectivity index (χ0v) is 11.2. The first-order chi connectivity index (χ1) is 8.16. The highest BCUT2D eigenvalue weighted by atomic mass is 32.2. The van der Waals surface area contributed by atoms with Gasteiger partial charge in [0.2, 0.25) is 10.0 Å². The highest BCUT2D eigenvalue weighted by molar-refractivity contribution is 7.89. The molecule has 0 spiro atoms. The average Bonchev–Trinajstić information content (AvgIpc) is 2.97. The lowest BCUT2D eigenvalue weighted by atomic mass is 10.1. The number of rotatable bonds is 5. The lowest BCUT2D eigenvalue weighted by Crippen LogP contribution is -2.40. The molecule has 1 aliphatic carbocycles. The second-order valence-corrected chi connectivity index (χ2v) is 7.39. The molecule has 0 aromatic rings. The van der Waals surface area contributed by atoms with Gasteiger partial charge in [0.05, 0.1) is 5.25 Å². The predicted molar refractivity (Wildman–Crippen MR) is 67.2 cm³/mol. The van der Waals surface area contributed by atoms with Gasteiger partial charge < -0.3 is 5.11 Å². The van der Waals surface area contributed by atoms with Gasteiger partial charge in [0.1, 0.15) is 0 Å². The number of aliphatic hydroxyl groups excluding tert-OH is 1. The Kier molecular flexibility index (Phi) is 4.44. The van der Waals surface area contributed by atoms with Crippen LogP contribution in [0.2, 0.25) is 0 Å². The standard InChI is InChI=1S/C12H23NO3S/c14-10-4-6-11-5-3-9-13(11)17(15,16)12-7-1-2-8-12/h11-12,14H,1-10H2. The second-order valence-electron chi connectivity index (χ2n) is 5.22. The van der Waals surface area contributed by atoms with Crippen molar-refractivity contribution in [2.45, 2.75) is 62.7 Å². The van der Waals surface area contributed by atoms with Gasteiger partial charge in [-0.1, -0.05) is 12.8 Å². The highest BCUT2D eigenvalue weighted by Crippen LogP contribution is 2.32. The van der Waals surface area contributed by atoms with E-state index in [0.717, 1.165) is 44.9 Å². The Morgan fingerprint density at radius 2 is 1.82 bits per heavy atom. The quantitative estimate of drug-likeness (QED) is 0.816. The Hall–Kier alpha value is -0.130. The molecule has 1 saturated heterocycles. The zero-order valence-electron chi connectivity index (χ0n) is 10.3. The molecule has 1 saturated carbocycles. The first-order valence-corrected chi connectivity index (χ1v) is 8.28. The topological polar surface area (TPSA) is 57.6 Å². The van der Waals surface area contributed by atoms with Crippen LogP contribution in [0, 0.1) is 0 Å².